The van der Waals surface area contributed by atoms with Crippen LogP contribution in [0.5, 0.6) is 0 Å². The van der Waals surface area contributed by atoms with Crippen molar-refractivity contribution in [2.75, 3.05) is 0 Å². The molecule has 0 aliphatic rings. The molecule has 0 atom stereocenters. The molecule has 6 aromatic rings. The maximum atomic E-state index is 12.2. The molecule has 3 aromatic heterocycles. The minimum atomic E-state index is -0.337. The third-order valence-corrected chi connectivity index (χ3v) is 11.6. The second-order valence-electron chi connectivity index (χ2n) is 14.3. The van der Waals surface area contributed by atoms with Gasteiger partial charge in [0.05, 0.1) is 6.26 Å². The molecule has 3 aromatic carbocycles. The number of thiophene rings is 1. The molecule has 0 aliphatic carbocycles. The van der Waals surface area contributed by atoms with E-state index in [0.717, 1.165) is 53.3 Å². The fourth-order valence-electron chi connectivity index (χ4n) is 6.01. The Bertz CT molecular complexity index is 2090. The number of carbonyl (C=O) groups excluding carboxylic acids is 1. The number of carbonyl (C=O) groups is 1. The number of rotatable bonds is 8. The van der Waals surface area contributed by atoms with E-state index in [0.29, 0.717) is 0 Å². The van der Waals surface area contributed by atoms with Gasteiger partial charge in [-0.25, -0.2) is 0 Å². The van der Waals surface area contributed by atoms with Crippen molar-refractivity contribution in [2.24, 2.45) is 10.8 Å². The van der Waals surface area contributed by atoms with Crippen LogP contribution in [0.15, 0.2) is 83.3 Å². The number of benzene rings is 3. The van der Waals surface area contributed by atoms with E-state index < -0.39 is 0 Å². The predicted octanol–water partition coefficient (Wildman–Crippen LogP) is 12.8. The van der Waals surface area contributed by atoms with Crippen molar-refractivity contribution in [1.29, 1.82) is 0 Å². The Morgan fingerprint density at radius 1 is 0.875 bits per heavy atom. The number of hydrogen-bond acceptors (Lipinski definition) is 5. The number of ketones is 1. The molecule has 3 heterocycles. The van der Waals surface area contributed by atoms with Crippen LogP contribution in [0.1, 0.15) is 93.6 Å². The van der Waals surface area contributed by atoms with Gasteiger partial charge in [0.25, 0.3) is 0 Å². The molecule has 255 valence electrons. The summed E-state index contributed by atoms with van der Waals surface area (Å²) in [5, 5.41) is 16.1. The Labute approximate surface area is 303 Å². The van der Waals surface area contributed by atoms with Gasteiger partial charge in [-0.2, -0.15) is 0 Å². The number of furan rings is 1. The first-order valence-electron chi connectivity index (χ1n) is 16.9. The van der Waals surface area contributed by atoms with Gasteiger partial charge >= 0.3 is 0 Å². The average molecular weight is 839 g/mol. The number of pyridine rings is 1. The van der Waals surface area contributed by atoms with Crippen LogP contribution < -0.4 is 0 Å². The quantitative estimate of drug-likeness (QED) is 0.0942. The van der Waals surface area contributed by atoms with Crippen LogP contribution >= 0.6 is 11.3 Å². The molecule has 1 N–H and O–H groups in total. The third-order valence-electron chi connectivity index (χ3n) is 10.4. The number of allylic oxidation sites excluding steroid dienone is 2. The van der Waals surface area contributed by atoms with E-state index in [2.05, 4.69) is 75.4 Å². The summed E-state index contributed by atoms with van der Waals surface area (Å²) in [4.78, 5) is 17.0. The summed E-state index contributed by atoms with van der Waals surface area (Å²) in [6.45, 7) is 18.9. The van der Waals surface area contributed by atoms with Crippen molar-refractivity contribution in [2.45, 2.75) is 93.4 Å². The van der Waals surface area contributed by atoms with Crippen molar-refractivity contribution in [1.82, 2.24) is 4.98 Å². The summed E-state index contributed by atoms with van der Waals surface area (Å²) in [5.74, 6) is 0.286. The molecule has 4 nitrogen and oxygen atoms in total. The van der Waals surface area contributed by atoms with Crippen molar-refractivity contribution < 1.29 is 34.4 Å². The Kier molecular flexibility index (Phi) is 11.5. The Hall–Kier alpha value is -3.31. The molecule has 0 aliphatic heterocycles. The van der Waals surface area contributed by atoms with Crippen LogP contribution in [-0.4, -0.2) is 15.9 Å². The van der Waals surface area contributed by atoms with Crippen LogP contribution in [0.4, 0.5) is 0 Å². The van der Waals surface area contributed by atoms with Crippen LogP contribution in [0.2, 0.25) is 0 Å². The summed E-state index contributed by atoms with van der Waals surface area (Å²) < 4.78 is 8.10. The van der Waals surface area contributed by atoms with Gasteiger partial charge in [0.1, 0.15) is 11.3 Å². The van der Waals surface area contributed by atoms with Crippen molar-refractivity contribution in [3.05, 3.63) is 90.5 Å². The number of fused-ring (bicyclic) bond motifs is 5. The largest absolute Gasteiger partial charge is 0.512 e. The molecule has 0 saturated carbocycles. The van der Waals surface area contributed by atoms with Gasteiger partial charge in [-0.05, 0) is 60.7 Å². The van der Waals surface area contributed by atoms with Gasteiger partial charge in [0.2, 0.25) is 0 Å². The van der Waals surface area contributed by atoms with Crippen LogP contribution in [-0.2, 0) is 30.3 Å². The molecule has 0 fully saturated rings. The summed E-state index contributed by atoms with van der Waals surface area (Å²) in [7, 11) is 0. The van der Waals surface area contributed by atoms with Crippen LogP contribution in [0.3, 0.4) is 0 Å². The van der Waals surface area contributed by atoms with E-state index >= 15 is 0 Å². The SMILES string of the molecule is CC(C)(C)c1cc(-c2nccc3c2sc2cc4ccoc4cc23)[c-]c2ccccc12.CCC(C)(CC)C(=O)/C=C(\O)C(C)(CC)CC.[Ir]. The Morgan fingerprint density at radius 2 is 1.54 bits per heavy atom. The zero-order valence-electron chi connectivity index (χ0n) is 29.7. The van der Waals surface area contributed by atoms with Crippen molar-refractivity contribution >= 4 is 59.0 Å². The maximum absolute atomic E-state index is 12.2. The van der Waals surface area contributed by atoms with E-state index in [-0.39, 0.29) is 47.9 Å². The number of hydrogen-bond donors (Lipinski definition) is 1. The maximum Gasteiger partial charge on any atom is 0.164 e. The van der Waals surface area contributed by atoms with Crippen molar-refractivity contribution in [3.63, 3.8) is 0 Å². The molecule has 0 bridgehead atoms. The summed E-state index contributed by atoms with van der Waals surface area (Å²) in [6, 6.07) is 22.9. The van der Waals surface area contributed by atoms with E-state index in [4.69, 9.17) is 9.40 Å². The first-order chi connectivity index (χ1) is 22.3. The molecule has 0 saturated heterocycles. The first kappa shape index (κ1) is 37.5. The van der Waals surface area contributed by atoms with E-state index in [1.165, 1.54) is 37.2 Å². The molecule has 0 amide bonds. The second-order valence-corrected chi connectivity index (χ2v) is 15.3. The number of nitrogens with zero attached hydrogens (tertiary/aromatic N) is 1. The van der Waals surface area contributed by atoms with Gasteiger partial charge in [0.15, 0.2) is 5.78 Å². The van der Waals surface area contributed by atoms with E-state index in [1.807, 2.05) is 53.8 Å². The van der Waals surface area contributed by atoms with Gasteiger partial charge in [0, 0.05) is 69.1 Å². The van der Waals surface area contributed by atoms with Gasteiger partial charge in [-0.15, -0.1) is 40.5 Å². The monoisotopic (exact) mass is 839 g/mol. The topological polar surface area (TPSA) is 63.3 Å². The van der Waals surface area contributed by atoms with E-state index in [1.54, 1.807) is 17.6 Å². The van der Waals surface area contributed by atoms with Gasteiger partial charge in [-0.1, -0.05) is 91.5 Å². The number of aromatic nitrogens is 1. The number of aliphatic hydroxyl groups is 1. The normalized spacial score (nSPS) is 12.7. The average Bonchev–Trinajstić information content (AvgIpc) is 3.69. The molecule has 48 heavy (non-hydrogen) atoms. The summed E-state index contributed by atoms with van der Waals surface area (Å²) in [5.41, 5.74) is 3.73. The minimum Gasteiger partial charge on any atom is -0.512 e. The van der Waals surface area contributed by atoms with Gasteiger partial charge < -0.3 is 9.52 Å². The smallest absolute Gasteiger partial charge is 0.164 e. The molecule has 0 spiro atoms. The molecular weight excluding hydrogens is 791 g/mol. The Balaban J connectivity index is 0.000000251. The molecule has 6 heteroatoms. The first-order valence-corrected chi connectivity index (χ1v) is 17.7. The fourth-order valence-corrected chi connectivity index (χ4v) is 7.24. The number of aliphatic hydroxyl groups excluding tert-OH is 1. The zero-order chi connectivity index (χ0) is 34.1. The fraction of sp³-hybridized carbons (Fsp3) is 0.381. The molecular formula is C42H48IrNO3S-. The summed E-state index contributed by atoms with van der Waals surface area (Å²) >= 11 is 1.80. The molecule has 6 rings (SSSR count). The van der Waals surface area contributed by atoms with Crippen LogP contribution in [0.25, 0.3) is 53.2 Å². The molecule has 0 unspecified atom stereocenters. The molecule has 1 radical (unpaired) electrons. The second kappa shape index (κ2) is 14.7. The minimum absolute atomic E-state index is 0. The van der Waals surface area contributed by atoms with Gasteiger partial charge in [-0.3, -0.25) is 9.78 Å². The Morgan fingerprint density at radius 3 is 2.19 bits per heavy atom. The summed E-state index contributed by atoms with van der Waals surface area (Å²) in [6.07, 6.45) is 8.42. The zero-order valence-corrected chi connectivity index (χ0v) is 32.9. The van der Waals surface area contributed by atoms with Crippen LogP contribution in [0, 0.1) is 16.9 Å². The third kappa shape index (κ3) is 7.17. The predicted molar refractivity (Wildman–Crippen MR) is 200 cm³/mol. The standard InChI is InChI=1S/C27H20NOS.C15H28O2.Ir/c1-27(2,3)22-13-18(12-16-6-4-5-7-19(16)22)25-26-20(8-10-28-25)21-15-23-17(9-11-29-23)14-24(21)30-26;1-7-14(5,8-2)12(16)11-13(17)15(6,9-3)10-4;/h4-11,13-15H,1-3H3;11,16H,7-10H2,1-6H3;/q-1;;/b;12-11-;. The van der Waals surface area contributed by atoms with Crippen molar-refractivity contribution in [3.8, 4) is 11.3 Å². The van der Waals surface area contributed by atoms with E-state index in [9.17, 15) is 9.90 Å².